The molecule has 2 aromatic carbocycles. The third-order valence-electron chi connectivity index (χ3n) is 3.61. The number of rotatable bonds is 1. The highest BCUT2D eigenvalue weighted by molar-refractivity contribution is 5.89. The third-order valence-corrected chi connectivity index (χ3v) is 3.61. The molecule has 0 saturated carbocycles. The van der Waals surface area contributed by atoms with Gasteiger partial charge in [0.05, 0.1) is 5.52 Å². The Morgan fingerprint density at radius 2 is 1.45 bits per heavy atom. The minimum Gasteiger partial charge on any atom is -0.256 e. The lowest BCUT2D eigenvalue weighted by molar-refractivity contribution is 0.597. The van der Waals surface area contributed by atoms with Crippen molar-refractivity contribution >= 4 is 10.9 Å². The molecule has 0 aliphatic rings. The van der Waals surface area contributed by atoms with Crippen molar-refractivity contribution in [2.75, 3.05) is 0 Å². The molecule has 1 heterocycles. The molecule has 0 N–H and O–H groups in total. The van der Waals surface area contributed by atoms with Crippen LogP contribution in [-0.4, -0.2) is 4.98 Å². The van der Waals surface area contributed by atoms with Crippen LogP contribution in [0.5, 0.6) is 0 Å². The van der Waals surface area contributed by atoms with Gasteiger partial charge in [0.25, 0.3) is 0 Å². The van der Waals surface area contributed by atoms with Crippen LogP contribution in [0.25, 0.3) is 22.0 Å². The Labute approximate surface area is 120 Å². The first-order valence-corrected chi connectivity index (χ1v) is 7.01. The number of hydrogen-bond donors (Lipinski definition) is 0. The average Bonchev–Trinajstić information content (AvgIpc) is 2.46. The Morgan fingerprint density at radius 3 is 2.15 bits per heavy atom. The van der Waals surface area contributed by atoms with Gasteiger partial charge in [-0.05, 0) is 22.6 Å². The summed E-state index contributed by atoms with van der Waals surface area (Å²) < 4.78 is 0. The van der Waals surface area contributed by atoms with Crippen molar-refractivity contribution in [1.29, 1.82) is 0 Å². The molecule has 0 saturated heterocycles. The van der Waals surface area contributed by atoms with Crippen LogP contribution in [0.3, 0.4) is 0 Å². The van der Waals surface area contributed by atoms with E-state index in [0.29, 0.717) is 0 Å². The van der Waals surface area contributed by atoms with E-state index < -0.39 is 0 Å². The molecule has 0 aliphatic heterocycles. The minimum atomic E-state index is 0.0771. The summed E-state index contributed by atoms with van der Waals surface area (Å²) in [5.74, 6) is 0. The largest absolute Gasteiger partial charge is 0.256 e. The SMILES string of the molecule is CC(C)(C)c1c(-c2ccccc2)cnc2ccccc12. The van der Waals surface area contributed by atoms with Crippen LogP contribution >= 0.6 is 0 Å². The lowest BCUT2D eigenvalue weighted by Gasteiger charge is -2.25. The molecule has 1 heteroatoms. The first-order chi connectivity index (χ1) is 9.57. The first kappa shape index (κ1) is 12.9. The molecule has 0 unspecified atom stereocenters. The fourth-order valence-corrected chi connectivity index (χ4v) is 2.79. The van der Waals surface area contributed by atoms with E-state index in [0.717, 1.165) is 5.52 Å². The lowest BCUT2D eigenvalue weighted by atomic mass is 9.80. The minimum absolute atomic E-state index is 0.0771. The standard InChI is InChI=1S/C19H19N/c1-19(2,3)18-15-11-7-8-12-17(15)20-13-16(18)14-9-5-4-6-10-14/h4-13H,1-3H3. The van der Waals surface area contributed by atoms with Crippen molar-refractivity contribution in [2.45, 2.75) is 26.2 Å². The predicted octanol–water partition coefficient (Wildman–Crippen LogP) is 5.20. The van der Waals surface area contributed by atoms with E-state index in [2.05, 4.69) is 74.3 Å². The number of benzene rings is 2. The zero-order chi connectivity index (χ0) is 14.2. The molecule has 0 radical (unpaired) electrons. The van der Waals surface area contributed by atoms with Gasteiger partial charge >= 0.3 is 0 Å². The summed E-state index contributed by atoms with van der Waals surface area (Å²) in [6.07, 6.45) is 2.01. The number of fused-ring (bicyclic) bond motifs is 1. The van der Waals surface area contributed by atoms with E-state index >= 15 is 0 Å². The Hall–Kier alpha value is -2.15. The third kappa shape index (κ3) is 2.20. The fraction of sp³-hybridized carbons (Fsp3) is 0.211. The van der Waals surface area contributed by atoms with Crippen LogP contribution in [0.15, 0.2) is 60.8 Å². The number of pyridine rings is 1. The van der Waals surface area contributed by atoms with E-state index in [1.54, 1.807) is 0 Å². The highest BCUT2D eigenvalue weighted by Crippen LogP contribution is 2.37. The summed E-state index contributed by atoms with van der Waals surface area (Å²) in [5, 5.41) is 1.25. The summed E-state index contributed by atoms with van der Waals surface area (Å²) in [6.45, 7) is 6.80. The highest BCUT2D eigenvalue weighted by Gasteiger charge is 2.22. The van der Waals surface area contributed by atoms with Crippen LogP contribution in [0.4, 0.5) is 0 Å². The van der Waals surface area contributed by atoms with Crippen molar-refractivity contribution in [1.82, 2.24) is 4.98 Å². The van der Waals surface area contributed by atoms with Crippen LogP contribution in [-0.2, 0) is 5.41 Å². The van der Waals surface area contributed by atoms with E-state index in [4.69, 9.17) is 0 Å². The molecule has 3 rings (SSSR count). The molecule has 0 amide bonds. The molecule has 0 fully saturated rings. The molecule has 1 nitrogen and oxygen atoms in total. The Kier molecular flexibility index (Phi) is 3.06. The number of hydrogen-bond acceptors (Lipinski definition) is 1. The van der Waals surface area contributed by atoms with Crippen LogP contribution < -0.4 is 0 Å². The summed E-state index contributed by atoms with van der Waals surface area (Å²) in [5.41, 5.74) is 4.98. The summed E-state index contributed by atoms with van der Waals surface area (Å²) >= 11 is 0. The van der Waals surface area contributed by atoms with Crippen molar-refractivity contribution in [3.05, 3.63) is 66.4 Å². The van der Waals surface area contributed by atoms with E-state index in [1.165, 1.54) is 22.1 Å². The van der Waals surface area contributed by atoms with Gasteiger partial charge < -0.3 is 0 Å². The molecule has 20 heavy (non-hydrogen) atoms. The van der Waals surface area contributed by atoms with Gasteiger partial charge in [0, 0.05) is 17.1 Å². The van der Waals surface area contributed by atoms with Gasteiger partial charge in [-0.1, -0.05) is 69.3 Å². The van der Waals surface area contributed by atoms with Gasteiger partial charge in [0.2, 0.25) is 0 Å². The number of aromatic nitrogens is 1. The second-order valence-corrected chi connectivity index (χ2v) is 6.18. The Morgan fingerprint density at radius 1 is 0.800 bits per heavy atom. The molecule has 3 aromatic rings. The molecule has 0 spiro atoms. The molecule has 100 valence electrons. The maximum atomic E-state index is 4.63. The zero-order valence-corrected chi connectivity index (χ0v) is 12.2. The fourth-order valence-electron chi connectivity index (χ4n) is 2.79. The maximum Gasteiger partial charge on any atom is 0.0705 e. The van der Waals surface area contributed by atoms with Crippen molar-refractivity contribution in [3.63, 3.8) is 0 Å². The lowest BCUT2D eigenvalue weighted by Crippen LogP contribution is -2.14. The topological polar surface area (TPSA) is 12.9 Å². The highest BCUT2D eigenvalue weighted by atomic mass is 14.7. The quantitative estimate of drug-likeness (QED) is 0.586. The number of nitrogens with zero attached hydrogens (tertiary/aromatic N) is 1. The zero-order valence-electron chi connectivity index (χ0n) is 12.2. The Bertz CT molecular complexity index is 737. The van der Waals surface area contributed by atoms with Crippen molar-refractivity contribution < 1.29 is 0 Å². The van der Waals surface area contributed by atoms with Gasteiger partial charge in [-0.25, -0.2) is 0 Å². The summed E-state index contributed by atoms with van der Waals surface area (Å²) in [7, 11) is 0. The van der Waals surface area contributed by atoms with E-state index in [9.17, 15) is 0 Å². The smallest absolute Gasteiger partial charge is 0.0705 e. The molecule has 0 aliphatic carbocycles. The molecule has 0 bridgehead atoms. The van der Waals surface area contributed by atoms with E-state index in [-0.39, 0.29) is 5.41 Å². The van der Waals surface area contributed by atoms with Gasteiger partial charge in [-0.3, -0.25) is 4.98 Å². The first-order valence-electron chi connectivity index (χ1n) is 7.01. The molecular formula is C19H19N. The average molecular weight is 261 g/mol. The van der Waals surface area contributed by atoms with Crippen LogP contribution in [0, 0.1) is 0 Å². The predicted molar refractivity (Wildman–Crippen MR) is 85.9 cm³/mol. The van der Waals surface area contributed by atoms with Gasteiger partial charge in [0.1, 0.15) is 0 Å². The van der Waals surface area contributed by atoms with Gasteiger partial charge in [-0.2, -0.15) is 0 Å². The molecule has 0 atom stereocenters. The second kappa shape index (κ2) is 4.75. The maximum absolute atomic E-state index is 4.63. The van der Waals surface area contributed by atoms with Gasteiger partial charge in [-0.15, -0.1) is 0 Å². The summed E-state index contributed by atoms with van der Waals surface area (Å²) in [6, 6.07) is 18.9. The van der Waals surface area contributed by atoms with Gasteiger partial charge in [0.15, 0.2) is 0 Å². The Balaban J connectivity index is 2.38. The molecular weight excluding hydrogens is 242 g/mol. The van der Waals surface area contributed by atoms with Crippen molar-refractivity contribution in [3.8, 4) is 11.1 Å². The molecule has 1 aromatic heterocycles. The van der Waals surface area contributed by atoms with E-state index in [1.807, 2.05) is 12.3 Å². The van der Waals surface area contributed by atoms with Crippen molar-refractivity contribution in [2.24, 2.45) is 0 Å². The van der Waals surface area contributed by atoms with Crippen LogP contribution in [0.2, 0.25) is 0 Å². The second-order valence-electron chi connectivity index (χ2n) is 6.18. The van der Waals surface area contributed by atoms with Crippen LogP contribution in [0.1, 0.15) is 26.3 Å². The summed E-state index contributed by atoms with van der Waals surface area (Å²) in [4.78, 5) is 4.63. The number of para-hydroxylation sites is 1. The monoisotopic (exact) mass is 261 g/mol. The normalized spacial score (nSPS) is 11.8.